The molecule has 1 heterocycles. The average molecular weight is 221 g/mol. The van der Waals surface area contributed by atoms with E-state index < -0.39 is 9.84 Å². The molecule has 1 aliphatic heterocycles. The third kappa shape index (κ3) is 2.95. The van der Waals surface area contributed by atoms with Crippen molar-refractivity contribution < 1.29 is 18.3 Å². The van der Waals surface area contributed by atoms with Gasteiger partial charge in [-0.05, 0) is 12.8 Å². The summed E-state index contributed by atoms with van der Waals surface area (Å²) in [5, 5.41) is 8.60. The molecule has 1 amide bonds. The number of carbonyl (C=O) groups is 1. The Morgan fingerprint density at radius 2 is 2.21 bits per heavy atom. The van der Waals surface area contributed by atoms with E-state index in [9.17, 15) is 13.2 Å². The topological polar surface area (TPSA) is 74.7 Å². The Bertz CT molecular complexity index is 288. The quantitative estimate of drug-likeness (QED) is 0.605. The Morgan fingerprint density at radius 1 is 1.50 bits per heavy atom. The number of hydrogen-bond acceptors (Lipinski definition) is 4. The number of amides is 1. The summed E-state index contributed by atoms with van der Waals surface area (Å²) in [6, 6.07) is -0.191. The zero-order valence-electron chi connectivity index (χ0n) is 7.92. The Labute approximate surface area is 83.6 Å². The lowest BCUT2D eigenvalue weighted by molar-refractivity contribution is -0.119. The molecule has 1 aliphatic rings. The van der Waals surface area contributed by atoms with Crippen molar-refractivity contribution >= 4 is 16.2 Å². The molecule has 1 atom stereocenters. The van der Waals surface area contributed by atoms with E-state index in [4.69, 9.17) is 5.11 Å². The van der Waals surface area contributed by atoms with Crippen LogP contribution in [0.4, 0.5) is 0 Å². The van der Waals surface area contributed by atoms with Gasteiger partial charge in [-0.1, -0.05) is 0 Å². The Hall–Kier alpha value is -0.620. The molecule has 0 saturated carbocycles. The van der Waals surface area contributed by atoms with Gasteiger partial charge in [-0.25, -0.2) is 8.42 Å². The van der Waals surface area contributed by atoms with E-state index in [1.807, 2.05) is 0 Å². The van der Waals surface area contributed by atoms with Crippen LogP contribution in [0.15, 0.2) is 0 Å². The van der Waals surface area contributed by atoms with Gasteiger partial charge in [-0.3, -0.25) is 4.79 Å². The van der Waals surface area contributed by atoms with Crippen molar-refractivity contribution in [2.45, 2.75) is 18.9 Å². The second-order valence-electron chi connectivity index (χ2n) is 3.48. The first-order valence-corrected chi connectivity index (χ1v) is 6.43. The standard InChI is InChI=1S/C8H15NO4S/c10-4-1-3-9(7-11)8-2-5-14(12,13)6-8/h7-8,10H,1-6H2/t8-/m0/s1. The molecular formula is C8H15NO4S. The van der Waals surface area contributed by atoms with E-state index >= 15 is 0 Å². The summed E-state index contributed by atoms with van der Waals surface area (Å²) in [7, 11) is -2.94. The number of nitrogens with zero attached hydrogens (tertiary/aromatic N) is 1. The van der Waals surface area contributed by atoms with Crippen molar-refractivity contribution in [3.63, 3.8) is 0 Å². The molecule has 0 aliphatic carbocycles. The van der Waals surface area contributed by atoms with Crippen LogP contribution >= 0.6 is 0 Å². The molecule has 6 heteroatoms. The summed E-state index contributed by atoms with van der Waals surface area (Å²) in [4.78, 5) is 12.1. The van der Waals surface area contributed by atoms with Gasteiger partial charge in [-0.2, -0.15) is 0 Å². The second kappa shape index (κ2) is 4.75. The zero-order valence-corrected chi connectivity index (χ0v) is 8.74. The maximum atomic E-state index is 11.1. The zero-order chi connectivity index (χ0) is 10.6. The van der Waals surface area contributed by atoms with Crippen LogP contribution in [0.2, 0.25) is 0 Å². The van der Waals surface area contributed by atoms with Crippen LogP contribution in [-0.2, 0) is 14.6 Å². The van der Waals surface area contributed by atoms with Gasteiger partial charge in [0.1, 0.15) is 0 Å². The van der Waals surface area contributed by atoms with Crippen molar-refractivity contribution in [3.8, 4) is 0 Å². The van der Waals surface area contributed by atoms with Crippen molar-refractivity contribution in [2.75, 3.05) is 24.7 Å². The highest BCUT2D eigenvalue weighted by Crippen LogP contribution is 2.16. The second-order valence-corrected chi connectivity index (χ2v) is 5.71. The van der Waals surface area contributed by atoms with Crippen LogP contribution in [0.25, 0.3) is 0 Å². The number of rotatable bonds is 5. The molecular weight excluding hydrogens is 206 g/mol. The highest BCUT2D eigenvalue weighted by molar-refractivity contribution is 7.91. The van der Waals surface area contributed by atoms with Gasteiger partial charge < -0.3 is 10.0 Å². The molecule has 0 aromatic heterocycles. The fourth-order valence-corrected chi connectivity index (χ4v) is 3.35. The van der Waals surface area contributed by atoms with Crippen molar-refractivity contribution in [3.05, 3.63) is 0 Å². The lowest BCUT2D eigenvalue weighted by Crippen LogP contribution is -2.36. The number of aliphatic hydroxyl groups is 1. The van der Waals surface area contributed by atoms with E-state index in [2.05, 4.69) is 0 Å². The smallest absolute Gasteiger partial charge is 0.209 e. The largest absolute Gasteiger partial charge is 0.396 e. The predicted octanol–water partition coefficient (Wildman–Crippen LogP) is -0.986. The van der Waals surface area contributed by atoms with Gasteiger partial charge in [0.25, 0.3) is 0 Å². The first kappa shape index (κ1) is 11.5. The van der Waals surface area contributed by atoms with E-state index in [1.165, 1.54) is 4.90 Å². The van der Waals surface area contributed by atoms with Crippen molar-refractivity contribution in [1.29, 1.82) is 0 Å². The molecule has 82 valence electrons. The van der Waals surface area contributed by atoms with Crippen LogP contribution < -0.4 is 0 Å². The van der Waals surface area contributed by atoms with Crippen LogP contribution in [0.5, 0.6) is 0 Å². The normalized spacial score (nSPS) is 24.8. The molecule has 1 fully saturated rings. The molecule has 1 N–H and O–H groups in total. The highest BCUT2D eigenvalue weighted by atomic mass is 32.2. The molecule has 14 heavy (non-hydrogen) atoms. The summed E-state index contributed by atoms with van der Waals surface area (Å²) in [6.45, 7) is 0.448. The Balaban J connectivity index is 2.50. The fraction of sp³-hybridized carbons (Fsp3) is 0.875. The average Bonchev–Trinajstić information content (AvgIpc) is 2.48. The minimum atomic E-state index is -2.94. The molecule has 0 aromatic rings. The lowest BCUT2D eigenvalue weighted by atomic mass is 10.2. The van der Waals surface area contributed by atoms with Gasteiger partial charge in [0, 0.05) is 19.2 Å². The Morgan fingerprint density at radius 3 is 2.64 bits per heavy atom. The number of hydrogen-bond donors (Lipinski definition) is 1. The predicted molar refractivity (Wildman–Crippen MR) is 51.5 cm³/mol. The number of sulfone groups is 1. The third-order valence-corrected chi connectivity index (χ3v) is 4.14. The maximum absolute atomic E-state index is 11.1. The van der Waals surface area contributed by atoms with E-state index in [1.54, 1.807) is 0 Å². The monoisotopic (exact) mass is 221 g/mol. The lowest BCUT2D eigenvalue weighted by Gasteiger charge is -2.22. The molecule has 0 spiro atoms. The number of aliphatic hydroxyl groups excluding tert-OH is 1. The molecule has 0 radical (unpaired) electrons. The molecule has 1 saturated heterocycles. The minimum absolute atomic E-state index is 0.0177. The van der Waals surface area contributed by atoms with E-state index in [-0.39, 0.29) is 24.2 Å². The van der Waals surface area contributed by atoms with Crippen molar-refractivity contribution in [1.82, 2.24) is 4.90 Å². The first-order valence-electron chi connectivity index (χ1n) is 4.61. The van der Waals surface area contributed by atoms with Crippen LogP contribution in [0.1, 0.15) is 12.8 Å². The fourth-order valence-electron chi connectivity index (χ4n) is 1.61. The first-order chi connectivity index (χ1) is 6.59. The highest BCUT2D eigenvalue weighted by Gasteiger charge is 2.31. The van der Waals surface area contributed by atoms with Crippen molar-refractivity contribution in [2.24, 2.45) is 0 Å². The molecule has 0 aromatic carbocycles. The summed E-state index contributed by atoms with van der Waals surface area (Å²) in [5.74, 6) is 0.234. The van der Waals surface area contributed by atoms with Gasteiger partial charge >= 0.3 is 0 Å². The number of carbonyl (C=O) groups excluding carboxylic acids is 1. The van der Waals surface area contributed by atoms with Crippen LogP contribution in [-0.4, -0.2) is 55.5 Å². The van der Waals surface area contributed by atoms with E-state index in [0.29, 0.717) is 25.8 Å². The third-order valence-electron chi connectivity index (χ3n) is 2.39. The van der Waals surface area contributed by atoms with Gasteiger partial charge in [0.05, 0.1) is 11.5 Å². The molecule has 0 bridgehead atoms. The summed E-state index contributed by atoms with van der Waals surface area (Å²) in [6.07, 6.45) is 1.68. The van der Waals surface area contributed by atoms with Gasteiger partial charge in [-0.15, -0.1) is 0 Å². The SMILES string of the molecule is O=CN(CCCO)[C@H]1CCS(=O)(=O)C1. The minimum Gasteiger partial charge on any atom is -0.396 e. The maximum Gasteiger partial charge on any atom is 0.209 e. The summed E-state index contributed by atoms with van der Waals surface area (Å²) in [5.41, 5.74) is 0. The molecule has 5 nitrogen and oxygen atoms in total. The van der Waals surface area contributed by atoms with Crippen LogP contribution in [0.3, 0.4) is 0 Å². The van der Waals surface area contributed by atoms with Gasteiger partial charge in [0.2, 0.25) is 6.41 Å². The Kier molecular flexibility index (Phi) is 3.88. The van der Waals surface area contributed by atoms with E-state index in [0.717, 1.165) is 0 Å². The molecule has 1 rings (SSSR count). The summed E-state index contributed by atoms with van der Waals surface area (Å²) < 4.78 is 22.3. The summed E-state index contributed by atoms with van der Waals surface area (Å²) >= 11 is 0. The molecule has 0 unspecified atom stereocenters. The van der Waals surface area contributed by atoms with Gasteiger partial charge in [0.15, 0.2) is 9.84 Å². The van der Waals surface area contributed by atoms with Crippen LogP contribution in [0, 0.1) is 0 Å².